The SMILES string of the molecule is COc1ccc(-n2c(CC3CC(=O)NC(=O)N3)nnc2SCC(=O)NCc2ccc(F)cc2)cc1. The Morgan fingerprint density at radius 2 is 1.91 bits per heavy atom. The number of ether oxygens (including phenoxy) is 1. The van der Waals surface area contributed by atoms with E-state index in [2.05, 4.69) is 26.1 Å². The molecular weight excluding hydrogens is 475 g/mol. The number of aromatic nitrogens is 3. The number of benzene rings is 2. The van der Waals surface area contributed by atoms with Crippen LogP contribution in [0.1, 0.15) is 17.8 Å². The lowest BCUT2D eigenvalue weighted by Crippen LogP contribution is -2.53. The second-order valence-electron chi connectivity index (χ2n) is 7.75. The van der Waals surface area contributed by atoms with E-state index < -0.39 is 12.1 Å². The Kier molecular flexibility index (Phi) is 7.60. The number of urea groups is 1. The quantitative estimate of drug-likeness (QED) is 0.385. The van der Waals surface area contributed by atoms with Gasteiger partial charge in [0.05, 0.1) is 12.9 Å². The summed E-state index contributed by atoms with van der Waals surface area (Å²) >= 11 is 1.20. The van der Waals surface area contributed by atoms with Crippen molar-refractivity contribution >= 4 is 29.6 Å². The van der Waals surface area contributed by atoms with E-state index >= 15 is 0 Å². The van der Waals surface area contributed by atoms with Crippen LogP contribution >= 0.6 is 11.8 Å². The van der Waals surface area contributed by atoms with Crippen molar-refractivity contribution in [3.8, 4) is 11.4 Å². The van der Waals surface area contributed by atoms with Crippen LogP contribution in [0.2, 0.25) is 0 Å². The van der Waals surface area contributed by atoms with E-state index in [0.717, 1.165) is 11.3 Å². The first-order chi connectivity index (χ1) is 16.9. The van der Waals surface area contributed by atoms with Gasteiger partial charge in [-0.2, -0.15) is 0 Å². The van der Waals surface area contributed by atoms with Crippen molar-refractivity contribution in [2.24, 2.45) is 0 Å². The van der Waals surface area contributed by atoms with Gasteiger partial charge in [0.25, 0.3) is 0 Å². The topological polar surface area (TPSA) is 127 Å². The predicted octanol–water partition coefficient (Wildman–Crippen LogP) is 1.96. The van der Waals surface area contributed by atoms with E-state index in [1.165, 1.54) is 23.9 Å². The summed E-state index contributed by atoms with van der Waals surface area (Å²) in [5.74, 6) is 0.372. The maximum absolute atomic E-state index is 13.0. The maximum Gasteiger partial charge on any atom is 0.321 e. The summed E-state index contributed by atoms with van der Waals surface area (Å²) in [5, 5.41) is 16.7. The molecule has 35 heavy (non-hydrogen) atoms. The van der Waals surface area contributed by atoms with E-state index in [-0.39, 0.29) is 42.8 Å². The van der Waals surface area contributed by atoms with Crippen LogP contribution in [0.15, 0.2) is 53.7 Å². The number of carbonyl (C=O) groups is 3. The van der Waals surface area contributed by atoms with Crippen LogP contribution in [0.25, 0.3) is 5.69 Å². The fraction of sp³-hybridized carbons (Fsp3) is 0.261. The second-order valence-corrected chi connectivity index (χ2v) is 8.69. The number of methoxy groups -OCH3 is 1. The van der Waals surface area contributed by atoms with Crippen LogP contribution in [-0.2, 0) is 22.6 Å². The average Bonchev–Trinajstić information content (AvgIpc) is 3.24. The number of nitrogens with one attached hydrogen (secondary N) is 3. The average molecular weight is 499 g/mol. The molecule has 3 N–H and O–H groups in total. The zero-order valence-electron chi connectivity index (χ0n) is 18.8. The van der Waals surface area contributed by atoms with Gasteiger partial charge in [-0.15, -0.1) is 10.2 Å². The molecule has 0 saturated carbocycles. The van der Waals surface area contributed by atoms with Crippen molar-refractivity contribution in [2.45, 2.75) is 30.6 Å². The highest BCUT2D eigenvalue weighted by atomic mass is 32.2. The van der Waals surface area contributed by atoms with Crippen molar-refractivity contribution in [2.75, 3.05) is 12.9 Å². The Labute approximate surface area is 204 Å². The number of thioether (sulfide) groups is 1. The van der Waals surface area contributed by atoms with Crippen molar-refractivity contribution in [3.05, 3.63) is 65.7 Å². The first-order valence-corrected chi connectivity index (χ1v) is 11.7. The van der Waals surface area contributed by atoms with Crippen LogP contribution < -0.4 is 20.7 Å². The van der Waals surface area contributed by atoms with Crippen LogP contribution in [0.4, 0.5) is 9.18 Å². The van der Waals surface area contributed by atoms with Crippen molar-refractivity contribution in [3.63, 3.8) is 0 Å². The predicted molar refractivity (Wildman–Crippen MR) is 126 cm³/mol. The van der Waals surface area contributed by atoms with E-state index in [0.29, 0.717) is 16.7 Å². The third kappa shape index (κ3) is 6.35. The molecule has 1 fully saturated rings. The smallest absolute Gasteiger partial charge is 0.321 e. The van der Waals surface area contributed by atoms with Gasteiger partial charge in [-0.1, -0.05) is 23.9 Å². The zero-order valence-corrected chi connectivity index (χ0v) is 19.6. The number of halogens is 1. The standard InChI is InChI=1S/C23H23FN6O4S/c1-34-18-8-6-17(7-9-18)30-19(10-16-11-20(31)27-22(33)26-16)28-29-23(30)35-13-21(32)25-12-14-2-4-15(24)5-3-14/h2-9,16H,10-13H2,1H3,(H,25,32)(H2,26,27,31,33). The lowest BCUT2D eigenvalue weighted by molar-refractivity contribution is -0.121. The molecule has 0 aliphatic carbocycles. The normalized spacial score (nSPS) is 15.3. The molecule has 182 valence electrons. The molecule has 1 saturated heterocycles. The fourth-order valence-electron chi connectivity index (χ4n) is 3.52. The molecule has 1 unspecified atom stereocenters. The highest BCUT2D eigenvalue weighted by Gasteiger charge is 2.27. The first kappa shape index (κ1) is 24.2. The highest BCUT2D eigenvalue weighted by molar-refractivity contribution is 7.99. The maximum atomic E-state index is 13.0. The number of carbonyl (C=O) groups excluding carboxylic acids is 3. The number of amides is 4. The summed E-state index contributed by atoms with van der Waals surface area (Å²) < 4.78 is 20.1. The summed E-state index contributed by atoms with van der Waals surface area (Å²) in [6, 6.07) is 12.2. The summed E-state index contributed by atoms with van der Waals surface area (Å²) in [4.78, 5) is 35.9. The molecule has 1 aliphatic rings. The molecule has 3 aromatic rings. The Morgan fingerprint density at radius 1 is 1.17 bits per heavy atom. The Balaban J connectivity index is 1.48. The van der Waals surface area contributed by atoms with Gasteiger partial charge in [0.15, 0.2) is 5.16 Å². The Bertz CT molecular complexity index is 1200. The molecule has 1 aliphatic heterocycles. The van der Waals surface area contributed by atoms with Crippen LogP contribution in [0, 0.1) is 5.82 Å². The molecule has 0 spiro atoms. The molecule has 2 heterocycles. The number of rotatable bonds is 9. The summed E-state index contributed by atoms with van der Waals surface area (Å²) in [5.41, 5.74) is 1.53. The second kappa shape index (κ2) is 11.0. The van der Waals surface area contributed by atoms with Gasteiger partial charge in [-0.05, 0) is 42.0 Å². The number of hydrogen-bond donors (Lipinski definition) is 3. The van der Waals surface area contributed by atoms with E-state index in [1.807, 2.05) is 12.1 Å². The van der Waals surface area contributed by atoms with E-state index in [4.69, 9.17) is 4.74 Å². The first-order valence-electron chi connectivity index (χ1n) is 10.7. The summed E-state index contributed by atoms with van der Waals surface area (Å²) in [6.45, 7) is 0.277. The minimum absolute atomic E-state index is 0.0814. The van der Waals surface area contributed by atoms with Gasteiger partial charge < -0.3 is 15.4 Å². The van der Waals surface area contributed by atoms with E-state index in [9.17, 15) is 18.8 Å². The minimum Gasteiger partial charge on any atom is -0.497 e. The van der Waals surface area contributed by atoms with Crippen LogP contribution in [0.3, 0.4) is 0 Å². The molecule has 12 heteroatoms. The lowest BCUT2D eigenvalue weighted by atomic mass is 10.1. The fourth-order valence-corrected chi connectivity index (χ4v) is 4.32. The third-order valence-electron chi connectivity index (χ3n) is 5.22. The zero-order chi connectivity index (χ0) is 24.8. The molecule has 4 rings (SSSR count). The van der Waals surface area contributed by atoms with Gasteiger partial charge >= 0.3 is 6.03 Å². The molecule has 0 radical (unpaired) electrons. The van der Waals surface area contributed by atoms with Crippen LogP contribution in [0.5, 0.6) is 5.75 Å². The third-order valence-corrected chi connectivity index (χ3v) is 6.14. The monoisotopic (exact) mass is 498 g/mol. The van der Waals surface area contributed by atoms with Gasteiger partial charge in [0.1, 0.15) is 17.4 Å². The molecule has 2 aromatic carbocycles. The lowest BCUT2D eigenvalue weighted by Gasteiger charge is -2.23. The molecule has 1 atom stereocenters. The van der Waals surface area contributed by atoms with Gasteiger partial charge in [0.2, 0.25) is 11.8 Å². The largest absolute Gasteiger partial charge is 0.497 e. The van der Waals surface area contributed by atoms with Gasteiger partial charge in [0, 0.05) is 31.1 Å². The highest BCUT2D eigenvalue weighted by Crippen LogP contribution is 2.25. The van der Waals surface area contributed by atoms with Crippen molar-refractivity contribution in [1.29, 1.82) is 0 Å². The minimum atomic E-state index is -0.547. The van der Waals surface area contributed by atoms with Crippen LogP contribution in [-0.4, -0.2) is 51.5 Å². The van der Waals surface area contributed by atoms with Gasteiger partial charge in [-0.25, -0.2) is 9.18 Å². The van der Waals surface area contributed by atoms with Crippen molar-refractivity contribution in [1.82, 2.24) is 30.7 Å². The summed E-state index contributed by atoms with van der Waals surface area (Å²) in [6.07, 6.45) is 0.394. The molecular formula is C23H23FN6O4S. The molecule has 1 aromatic heterocycles. The van der Waals surface area contributed by atoms with E-state index in [1.54, 1.807) is 35.9 Å². The number of nitrogens with zero attached hydrogens (tertiary/aromatic N) is 3. The molecule has 4 amide bonds. The Hall–Kier alpha value is -3.93. The Morgan fingerprint density at radius 3 is 2.60 bits per heavy atom. The van der Waals surface area contributed by atoms with Crippen molar-refractivity contribution < 1.29 is 23.5 Å². The number of imide groups is 1. The number of hydrogen-bond acceptors (Lipinski definition) is 7. The summed E-state index contributed by atoms with van der Waals surface area (Å²) in [7, 11) is 1.57. The molecule has 0 bridgehead atoms. The van der Waals surface area contributed by atoms with Gasteiger partial charge in [-0.3, -0.25) is 19.5 Å². The molecule has 10 nitrogen and oxygen atoms in total.